The van der Waals surface area contributed by atoms with Crippen LogP contribution in [0.15, 0.2) is 29.3 Å². The van der Waals surface area contributed by atoms with Crippen molar-refractivity contribution in [1.29, 1.82) is 0 Å². The van der Waals surface area contributed by atoms with Gasteiger partial charge < -0.3 is 10.6 Å². The second kappa shape index (κ2) is 11.2. The largest absolute Gasteiger partial charge is 0.357 e. The van der Waals surface area contributed by atoms with Gasteiger partial charge in [0.2, 0.25) is 0 Å². The molecule has 0 amide bonds. The van der Waals surface area contributed by atoms with Gasteiger partial charge in [-0.25, -0.2) is 4.39 Å². The first kappa shape index (κ1) is 22.4. The van der Waals surface area contributed by atoms with Gasteiger partial charge in [-0.1, -0.05) is 12.1 Å². The predicted molar refractivity (Wildman–Crippen MR) is 116 cm³/mol. The number of benzene rings is 1. The van der Waals surface area contributed by atoms with Gasteiger partial charge in [-0.3, -0.25) is 9.67 Å². The van der Waals surface area contributed by atoms with Gasteiger partial charge in [0.25, 0.3) is 0 Å². The van der Waals surface area contributed by atoms with Crippen LogP contribution in [-0.2, 0) is 19.9 Å². The molecular weight excluding hydrogens is 444 g/mol. The van der Waals surface area contributed by atoms with E-state index in [1.165, 1.54) is 23.4 Å². The first-order valence-electron chi connectivity index (χ1n) is 8.77. The van der Waals surface area contributed by atoms with Gasteiger partial charge in [0, 0.05) is 32.4 Å². The lowest BCUT2D eigenvalue weighted by Crippen LogP contribution is -2.38. The summed E-state index contributed by atoms with van der Waals surface area (Å²) in [5.41, 5.74) is 4.64. The number of guanidine groups is 1. The Morgan fingerprint density at radius 2 is 1.85 bits per heavy atom. The summed E-state index contributed by atoms with van der Waals surface area (Å²) in [7, 11) is 1.97. The van der Waals surface area contributed by atoms with E-state index in [-0.39, 0.29) is 29.8 Å². The molecule has 0 unspecified atom stereocenters. The minimum atomic E-state index is -0.201. The fraction of sp³-hybridized carbons (Fsp3) is 0.474. The first-order chi connectivity index (χ1) is 12.0. The Labute approximate surface area is 172 Å². The summed E-state index contributed by atoms with van der Waals surface area (Å²) >= 11 is 0. The van der Waals surface area contributed by atoms with Crippen LogP contribution in [0.3, 0.4) is 0 Å². The molecule has 0 spiro atoms. The lowest BCUT2D eigenvalue weighted by molar-refractivity contribution is 0.626. The maximum absolute atomic E-state index is 12.9. The average Bonchev–Trinajstić information content (AvgIpc) is 2.82. The second-order valence-corrected chi connectivity index (χ2v) is 6.09. The number of nitrogens with zero attached hydrogens (tertiary/aromatic N) is 3. The molecule has 0 aliphatic carbocycles. The van der Waals surface area contributed by atoms with E-state index < -0.39 is 0 Å². The molecule has 144 valence electrons. The summed E-state index contributed by atoms with van der Waals surface area (Å²) in [4.78, 5) is 4.64. The summed E-state index contributed by atoms with van der Waals surface area (Å²) in [5, 5.41) is 11.0. The Bertz CT molecular complexity index is 709. The van der Waals surface area contributed by atoms with Crippen LogP contribution in [0.5, 0.6) is 0 Å². The molecule has 5 nitrogen and oxygen atoms in total. The zero-order valence-electron chi connectivity index (χ0n) is 16.0. The average molecular weight is 473 g/mol. The van der Waals surface area contributed by atoms with Crippen molar-refractivity contribution in [3.63, 3.8) is 0 Å². The van der Waals surface area contributed by atoms with E-state index in [9.17, 15) is 4.39 Å². The van der Waals surface area contributed by atoms with Gasteiger partial charge in [-0.2, -0.15) is 5.10 Å². The van der Waals surface area contributed by atoms with Crippen LogP contribution in [0.2, 0.25) is 0 Å². The number of aliphatic imine (C=N–C) groups is 1. The molecule has 2 N–H and O–H groups in total. The topological polar surface area (TPSA) is 54.2 Å². The predicted octanol–water partition coefficient (Wildman–Crippen LogP) is 3.13. The standard InChI is InChI=1S/C19H28FN5.HI/c1-5-21-19(22-12-10-16-6-8-17(20)9-7-16)23-13-11-18-14(2)24-25(4)15(18)3;/h6-9H,5,10-13H2,1-4H3,(H2,21,22,23);1H. The Balaban J connectivity index is 0.00000338. The number of hydrogen-bond donors (Lipinski definition) is 2. The van der Waals surface area contributed by atoms with Crippen molar-refractivity contribution in [2.45, 2.75) is 33.6 Å². The summed E-state index contributed by atoms with van der Waals surface area (Å²) in [6.07, 6.45) is 1.70. The highest BCUT2D eigenvalue weighted by Gasteiger charge is 2.08. The lowest BCUT2D eigenvalue weighted by Gasteiger charge is -2.11. The second-order valence-electron chi connectivity index (χ2n) is 6.09. The third kappa shape index (κ3) is 6.59. The fourth-order valence-electron chi connectivity index (χ4n) is 2.78. The highest BCUT2D eigenvalue weighted by atomic mass is 127. The third-order valence-electron chi connectivity index (χ3n) is 4.25. The van der Waals surface area contributed by atoms with E-state index in [0.717, 1.165) is 43.1 Å². The van der Waals surface area contributed by atoms with Crippen molar-refractivity contribution >= 4 is 29.9 Å². The Morgan fingerprint density at radius 3 is 2.42 bits per heavy atom. The molecule has 0 fully saturated rings. The van der Waals surface area contributed by atoms with Crippen molar-refractivity contribution in [2.24, 2.45) is 12.0 Å². The zero-order valence-corrected chi connectivity index (χ0v) is 18.3. The van der Waals surface area contributed by atoms with Crippen LogP contribution in [0.4, 0.5) is 4.39 Å². The molecular formula is C19H29FIN5. The number of rotatable bonds is 7. The molecule has 1 aromatic heterocycles. The number of hydrogen-bond acceptors (Lipinski definition) is 2. The molecule has 1 aromatic carbocycles. The molecule has 0 radical (unpaired) electrons. The monoisotopic (exact) mass is 473 g/mol. The minimum absolute atomic E-state index is 0. The lowest BCUT2D eigenvalue weighted by atomic mass is 10.1. The van der Waals surface area contributed by atoms with Crippen LogP contribution in [0.1, 0.15) is 29.4 Å². The molecule has 0 saturated heterocycles. The van der Waals surface area contributed by atoms with Crippen LogP contribution < -0.4 is 10.6 Å². The molecule has 26 heavy (non-hydrogen) atoms. The van der Waals surface area contributed by atoms with Gasteiger partial charge in [0.15, 0.2) is 5.96 Å². The zero-order chi connectivity index (χ0) is 18.2. The number of aryl methyl sites for hydroxylation is 2. The molecule has 0 saturated carbocycles. The maximum Gasteiger partial charge on any atom is 0.191 e. The first-order valence-corrected chi connectivity index (χ1v) is 8.77. The maximum atomic E-state index is 12.9. The van der Waals surface area contributed by atoms with Gasteiger partial charge in [0.05, 0.1) is 5.69 Å². The Hall–Kier alpha value is -1.64. The molecule has 7 heteroatoms. The molecule has 1 heterocycles. The Kier molecular flexibility index (Phi) is 9.61. The number of nitrogens with one attached hydrogen (secondary N) is 2. The van der Waals surface area contributed by atoms with E-state index in [2.05, 4.69) is 27.6 Å². The molecule has 0 aliphatic rings. The van der Waals surface area contributed by atoms with Crippen molar-refractivity contribution in [3.05, 3.63) is 52.6 Å². The number of aromatic nitrogens is 2. The smallest absolute Gasteiger partial charge is 0.191 e. The quantitative estimate of drug-likeness (QED) is 0.369. The van der Waals surface area contributed by atoms with Crippen molar-refractivity contribution in [1.82, 2.24) is 20.4 Å². The van der Waals surface area contributed by atoms with Crippen LogP contribution in [0, 0.1) is 19.7 Å². The van der Waals surface area contributed by atoms with Crippen LogP contribution in [-0.4, -0.2) is 35.4 Å². The third-order valence-corrected chi connectivity index (χ3v) is 4.25. The highest BCUT2D eigenvalue weighted by molar-refractivity contribution is 14.0. The van der Waals surface area contributed by atoms with E-state index in [1.54, 1.807) is 0 Å². The Morgan fingerprint density at radius 1 is 1.15 bits per heavy atom. The van der Waals surface area contributed by atoms with Gasteiger partial charge in [-0.15, -0.1) is 24.0 Å². The summed E-state index contributed by atoms with van der Waals surface area (Å²) < 4.78 is 14.8. The SMILES string of the molecule is CCNC(=NCCc1c(C)nn(C)c1C)NCCc1ccc(F)cc1.I. The van der Waals surface area contributed by atoms with Gasteiger partial charge in [0.1, 0.15) is 5.82 Å². The van der Waals surface area contributed by atoms with Crippen molar-refractivity contribution in [2.75, 3.05) is 19.6 Å². The van der Waals surface area contributed by atoms with E-state index in [0.29, 0.717) is 6.54 Å². The van der Waals surface area contributed by atoms with Crippen LogP contribution in [0.25, 0.3) is 0 Å². The summed E-state index contributed by atoms with van der Waals surface area (Å²) in [6.45, 7) is 8.45. The minimum Gasteiger partial charge on any atom is -0.357 e. The van der Waals surface area contributed by atoms with Gasteiger partial charge in [-0.05, 0) is 56.9 Å². The van der Waals surface area contributed by atoms with E-state index in [4.69, 9.17) is 0 Å². The van der Waals surface area contributed by atoms with Crippen LogP contribution >= 0.6 is 24.0 Å². The highest BCUT2D eigenvalue weighted by Crippen LogP contribution is 2.12. The molecule has 0 aliphatic heterocycles. The normalized spacial score (nSPS) is 11.2. The fourth-order valence-corrected chi connectivity index (χ4v) is 2.78. The molecule has 0 atom stereocenters. The summed E-state index contributed by atoms with van der Waals surface area (Å²) in [6, 6.07) is 6.62. The van der Waals surface area contributed by atoms with Gasteiger partial charge >= 0.3 is 0 Å². The van der Waals surface area contributed by atoms with E-state index >= 15 is 0 Å². The van der Waals surface area contributed by atoms with Crippen molar-refractivity contribution < 1.29 is 4.39 Å². The van der Waals surface area contributed by atoms with E-state index in [1.807, 2.05) is 37.7 Å². The van der Waals surface area contributed by atoms with Crippen molar-refractivity contribution in [3.8, 4) is 0 Å². The molecule has 2 aromatic rings. The number of halogens is 2. The summed E-state index contributed by atoms with van der Waals surface area (Å²) in [5.74, 6) is 0.608. The molecule has 0 bridgehead atoms. The molecule has 2 rings (SSSR count).